The summed E-state index contributed by atoms with van der Waals surface area (Å²) in [4.78, 5) is 14.8. The second-order valence-electron chi connectivity index (χ2n) is 7.09. The molecule has 2 aliphatic rings. The Morgan fingerprint density at radius 1 is 1.15 bits per heavy atom. The number of carbonyl (C=O) groups excluding carboxylic acids is 1. The van der Waals surface area contributed by atoms with Crippen molar-refractivity contribution in [3.63, 3.8) is 0 Å². The van der Waals surface area contributed by atoms with Crippen LogP contribution in [0.15, 0.2) is 18.2 Å². The van der Waals surface area contributed by atoms with Crippen LogP contribution in [0, 0.1) is 11.6 Å². The standard InChI is InChI=1S/C18H24F2N2O3S/c1-2-9-21-10-3-7-18(17(21)23)8-4-11-22(18)26(24,25)13-14-5-6-15(19)12-16(14)20/h5-6,12H,2-4,7-11,13H2,1H3. The van der Waals surface area contributed by atoms with E-state index in [0.717, 1.165) is 25.0 Å². The molecule has 26 heavy (non-hydrogen) atoms. The summed E-state index contributed by atoms with van der Waals surface area (Å²) in [5.41, 5.74) is -1.12. The lowest BCUT2D eigenvalue weighted by molar-refractivity contribution is -0.144. The smallest absolute Gasteiger partial charge is 0.244 e. The Labute approximate surface area is 153 Å². The molecule has 2 saturated heterocycles. The molecule has 2 heterocycles. The Balaban J connectivity index is 1.90. The van der Waals surface area contributed by atoms with Gasteiger partial charge in [0.1, 0.15) is 17.2 Å². The van der Waals surface area contributed by atoms with Crippen molar-refractivity contribution in [3.8, 4) is 0 Å². The molecule has 2 aliphatic heterocycles. The first-order chi connectivity index (χ1) is 12.3. The van der Waals surface area contributed by atoms with Crippen LogP contribution in [0.5, 0.6) is 0 Å². The van der Waals surface area contributed by atoms with E-state index in [4.69, 9.17) is 0 Å². The van der Waals surface area contributed by atoms with Gasteiger partial charge in [0.25, 0.3) is 0 Å². The van der Waals surface area contributed by atoms with Crippen LogP contribution in [-0.4, -0.2) is 48.7 Å². The van der Waals surface area contributed by atoms with Gasteiger partial charge in [0.05, 0.1) is 5.75 Å². The molecule has 1 amide bonds. The summed E-state index contributed by atoms with van der Waals surface area (Å²) in [5.74, 6) is -2.34. The van der Waals surface area contributed by atoms with Crippen molar-refractivity contribution in [1.82, 2.24) is 9.21 Å². The summed E-state index contributed by atoms with van der Waals surface area (Å²) in [6.07, 6.45) is 3.17. The molecule has 1 unspecified atom stereocenters. The third-order valence-corrected chi connectivity index (χ3v) is 7.19. The number of halogens is 2. The summed E-state index contributed by atoms with van der Waals surface area (Å²) >= 11 is 0. The molecule has 0 radical (unpaired) electrons. The number of likely N-dealkylation sites (tertiary alicyclic amines) is 1. The van der Waals surface area contributed by atoms with Crippen LogP contribution in [0.4, 0.5) is 8.78 Å². The van der Waals surface area contributed by atoms with E-state index >= 15 is 0 Å². The maximum atomic E-state index is 13.9. The minimum atomic E-state index is -3.90. The SMILES string of the molecule is CCCN1CCCC2(CCCN2S(=O)(=O)Cc2ccc(F)cc2F)C1=O. The predicted octanol–water partition coefficient (Wildman–Crippen LogP) is 2.66. The third kappa shape index (κ3) is 3.36. The molecule has 0 saturated carbocycles. The van der Waals surface area contributed by atoms with Crippen LogP contribution < -0.4 is 0 Å². The lowest BCUT2D eigenvalue weighted by Crippen LogP contribution is -2.61. The lowest BCUT2D eigenvalue weighted by atomic mass is 9.86. The third-order valence-electron chi connectivity index (χ3n) is 5.31. The molecule has 1 aromatic rings. The summed E-state index contributed by atoms with van der Waals surface area (Å²) in [5, 5.41) is 0. The predicted molar refractivity (Wildman–Crippen MR) is 93.8 cm³/mol. The maximum Gasteiger partial charge on any atom is 0.244 e. The van der Waals surface area contributed by atoms with E-state index in [0.29, 0.717) is 38.4 Å². The number of hydrogen-bond acceptors (Lipinski definition) is 3. The average molecular weight is 386 g/mol. The lowest BCUT2D eigenvalue weighted by Gasteiger charge is -2.43. The zero-order valence-corrected chi connectivity index (χ0v) is 15.7. The molecule has 5 nitrogen and oxygen atoms in total. The summed E-state index contributed by atoms with van der Waals surface area (Å²) in [6.45, 7) is 3.50. The second-order valence-corrected chi connectivity index (χ2v) is 8.99. The normalized spacial score (nSPS) is 24.6. The fourth-order valence-corrected chi connectivity index (χ4v) is 6.17. The van der Waals surface area contributed by atoms with Gasteiger partial charge in [-0.1, -0.05) is 13.0 Å². The first kappa shape index (κ1) is 19.2. The van der Waals surface area contributed by atoms with E-state index in [1.165, 1.54) is 4.31 Å². The van der Waals surface area contributed by atoms with Crippen molar-refractivity contribution in [2.75, 3.05) is 19.6 Å². The van der Waals surface area contributed by atoms with Gasteiger partial charge in [0, 0.05) is 31.3 Å². The molecule has 0 aromatic heterocycles. The monoisotopic (exact) mass is 386 g/mol. The average Bonchev–Trinajstić information content (AvgIpc) is 3.00. The van der Waals surface area contributed by atoms with Crippen LogP contribution in [0.25, 0.3) is 0 Å². The Kier molecular flexibility index (Phi) is 5.35. The van der Waals surface area contributed by atoms with Gasteiger partial charge in [-0.25, -0.2) is 17.2 Å². The Morgan fingerprint density at radius 3 is 2.50 bits per heavy atom. The van der Waals surface area contributed by atoms with Crippen LogP contribution in [0.2, 0.25) is 0 Å². The van der Waals surface area contributed by atoms with Crippen molar-refractivity contribution in [2.45, 2.75) is 50.3 Å². The summed E-state index contributed by atoms with van der Waals surface area (Å²) in [7, 11) is -3.90. The molecule has 0 aliphatic carbocycles. The second kappa shape index (κ2) is 7.23. The molecule has 8 heteroatoms. The van der Waals surface area contributed by atoms with E-state index in [9.17, 15) is 22.0 Å². The van der Waals surface area contributed by atoms with Gasteiger partial charge in [-0.05, 0) is 38.2 Å². The van der Waals surface area contributed by atoms with Crippen LogP contribution in [0.1, 0.15) is 44.6 Å². The number of rotatable bonds is 5. The van der Waals surface area contributed by atoms with Crippen LogP contribution >= 0.6 is 0 Å². The quantitative estimate of drug-likeness (QED) is 0.782. The number of amides is 1. The molecule has 1 spiro atoms. The number of carbonyl (C=O) groups is 1. The van der Waals surface area contributed by atoms with Crippen molar-refractivity contribution < 1.29 is 22.0 Å². The van der Waals surface area contributed by atoms with Crippen molar-refractivity contribution in [2.24, 2.45) is 0 Å². The molecule has 0 N–H and O–H groups in total. The first-order valence-electron chi connectivity index (χ1n) is 9.04. The number of sulfonamides is 1. The maximum absolute atomic E-state index is 13.9. The molecule has 2 fully saturated rings. The van der Waals surface area contributed by atoms with Gasteiger partial charge in [-0.15, -0.1) is 0 Å². The summed E-state index contributed by atoms with van der Waals surface area (Å²) in [6, 6.07) is 2.87. The molecule has 1 atom stereocenters. The fourth-order valence-electron chi connectivity index (χ4n) is 4.18. The highest BCUT2D eigenvalue weighted by molar-refractivity contribution is 7.88. The van der Waals surface area contributed by atoms with Crippen LogP contribution in [0.3, 0.4) is 0 Å². The van der Waals surface area contributed by atoms with E-state index in [1.54, 1.807) is 4.90 Å². The fraction of sp³-hybridized carbons (Fsp3) is 0.611. The Morgan fingerprint density at radius 2 is 1.85 bits per heavy atom. The van der Waals surface area contributed by atoms with E-state index in [-0.39, 0.29) is 18.0 Å². The Hall–Kier alpha value is -1.54. The minimum absolute atomic E-state index is 0.0814. The van der Waals surface area contributed by atoms with Crippen LogP contribution in [-0.2, 0) is 20.6 Å². The Bertz CT molecular complexity index is 798. The van der Waals surface area contributed by atoms with Crippen molar-refractivity contribution in [1.29, 1.82) is 0 Å². The largest absolute Gasteiger partial charge is 0.341 e. The van der Waals surface area contributed by atoms with E-state index in [1.807, 2.05) is 6.92 Å². The van der Waals surface area contributed by atoms with E-state index in [2.05, 4.69) is 0 Å². The van der Waals surface area contributed by atoms with Gasteiger partial charge in [0.15, 0.2) is 0 Å². The van der Waals surface area contributed by atoms with Crippen molar-refractivity contribution >= 4 is 15.9 Å². The number of benzene rings is 1. The number of nitrogens with zero attached hydrogens (tertiary/aromatic N) is 2. The van der Waals surface area contributed by atoms with Gasteiger partial charge in [-0.2, -0.15) is 4.31 Å². The molecule has 3 rings (SSSR count). The molecular formula is C18H24F2N2O3S. The van der Waals surface area contributed by atoms with Gasteiger partial charge >= 0.3 is 0 Å². The van der Waals surface area contributed by atoms with Gasteiger partial charge in [-0.3, -0.25) is 4.79 Å². The zero-order chi connectivity index (χ0) is 18.9. The highest BCUT2D eigenvalue weighted by Crippen LogP contribution is 2.40. The number of hydrogen-bond donors (Lipinski definition) is 0. The zero-order valence-electron chi connectivity index (χ0n) is 14.9. The molecule has 0 bridgehead atoms. The molecule has 144 valence electrons. The highest BCUT2D eigenvalue weighted by Gasteiger charge is 2.54. The summed E-state index contributed by atoms with van der Waals surface area (Å²) < 4.78 is 54.3. The highest BCUT2D eigenvalue weighted by atomic mass is 32.2. The molecule has 1 aromatic carbocycles. The van der Waals surface area contributed by atoms with Crippen molar-refractivity contribution in [3.05, 3.63) is 35.4 Å². The van der Waals surface area contributed by atoms with Gasteiger partial charge in [0.2, 0.25) is 15.9 Å². The topological polar surface area (TPSA) is 57.7 Å². The van der Waals surface area contributed by atoms with E-state index < -0.39 is 32.9 Å². The first-order valence-corrected chi connectivity index (χ1v) is 10.6. The molecular weight excluding hydrogens is 362 g/mol. The number of piperidine rings is 1. The minimum Gasteiger partial charge on any atom is -0.341 e. The van der Waals surface area contributed by atoms with Gasteiger partial charge < -0.3 is 4.90 Å².